The Morgan fingerprint density at radius 2 is 1.71 bits per heavy atom. The number of aryl methyl sites for hydroxylation is 2. The predicted molar refractivity (Wildman–Crippen MR) is 70.5 cm³/mol. The number of aliphatic hydroxyl groups is 1. The molecule has 0 unspecified atom stereocenters. The Labute approximate surface area is 108 Å². The predicted octanol–water partition coefficient (Wildman–Crippen LogP) is 2.20. The summed E-state index contributed by atoms with van der Waals surface area (Å²) in [6.45, 7) is 3.84. The zero-order chi connectivity index (χ0) is 11.9. The van der Waals surface area contributed by atoms with E-state index in [1.165, 1.54) is 0 Å². The van der Waals surface area contributed by atoms with Gasteiger partial charge in [0.1, 0.15) is 5.75 Å². The highest BCUT2D eigenvalue weighted by atomic mass is 35.5. The molecule has 1 aliphatic rings. The summed E-state index contributed by atoms with van der Waals surface area (Å²) in [6, 6.07) is 3.05. The van der Waals surface area contributed by atoms with Gasteiger partial charge in [-0.3, -0.25) is 0 Å². The molecule has 0 heterocycles. The second-order valence-corrected chi connectivity index (χ2v) is 4.85. The number of phenols is 1. The summed E-state index contributed by atoms with van der Waals surface area (Å²) in [5, 5.41) is 19.5. The zero-order valence-corrected chi connectivity index (χ0v) is 11.0. The van der Waals surface area contributed by atoms with Gasteiger partial charge in [0.05, 0.1) is 12.1 Å². The summed E-state index contributed by atoms with van der Waals surface area (Å²) >= 11 is 0. The molecule has 4 heteroatoms. The Balaban J connectivity index is 0.00000144. The Bertz CT molecular complexity index is 381. The number of benzene rings is 1. The lowest BCUT2D eigenvalue weighted by Crippen LogP contribution is -2.29. The van der Waals surface area contributed by atoms with E-state index in [-0.39, 0.29) is 24.2 Å². The van der Waals surface area contributed by atoms with E-state index in [4.69, 9.17) is 5.73 Å². The molecule has 0 aromatic heterocycles. The number of aromatic hydroxyl groups is 1. The van der Waals surface area contributed by atoms with Crippen molar-refractivity contribution in [3.8, 4) is 5.75 Å². The van der Waals surface area contributed by atoms with E-state index in [0.717, 1.165) is 29.5 Å². The van der Waals surface area contributed by atoms with Crippen molar-refractivity contribution in [2.45, 2.75) is 38.8 Å². The normalized spacial score (nSPS) is 18.4. The first kappa shape index (κ1) is 14.3. The molecule has 2 atom stereocenters. The van der Waals surface area contributed by atoms with Gasteiger partial charge >= 0.3 is 0 Å². The SMILES string of the molecule is Cc1cc(O)cc(C)c1[C@@H](N)[C@@H](O)C1CC1.Cl. The maximum absolute atomic E-state index is 10.0. The van der Waals surface area contributed by atoms with E-state index >= 15 is 0 Å². The monoisotopic (exact) mass is 257 g/mol. The molecule has 4 N–H and O–H groups in total. The maximum Gasteiger partial charge on any atom is 0.116 e. The second kappa shape index (κ2) is 5.25. The van der Waals surface area contributed by atoms with Crippen molar-refractivity contribution in [1.29, 1.82) is 0 Å². The third-order valence-electron chi connectivity index (χ3n) is 3.38. The molecule has 17 heavy (non-hydrogen) atoms. The molecule has 0 radical (unpaired) electrons. The highest BCUT2D eigenvalue weighted by molar-refractivity contribution is 5.85. The quantitative estimate of drug-likeness (QED) is 0.778. The molecular formula is C13H20ClNO2. The van der Waals surface area contributed by atoms with Crippen LogP contribution >= 0.6 is 12.4 Å². The zero-order valence-electron chi connectivity index (χ0n) is 10.2. The fourth-order valence-corrected chi connectivity index (χ4v) is 2.38. The minimum atomic E-state index is -0.457. The van der Waals surface area contributed by atoms with Gasteiger partial charge in [0.15, 0.2) is 0 Å². The number of halogens is 1. The van der Waals surface area contributed by atoms with Crippen molar-refractivity contribution in [2.75, 3.05) is 0 Å². The molecule has 1 aromatic carbocycles. The molecular weight excluding hydrogens is 238 g/mol. The number of hydrogen-bond acceptors (Lipinski definition) is 3. The topological polar surface area (TPSA) is 66.5 Å². The summed E-state index contributed by atoms with van der Waals surface area (Å²) in [7, 11) is 0. The van der Waals surface area contributed by atoms with E-state index < -0.39 is 6.10 Å². The fourth-order valence-electron chi connectivity index (χ4n) is 2.38. The summed E-state index contributed by atoms with van der Waals surface area (Å²) in [6.07, 6.45) is 1.69. The number of phenolic OH excluding ortho intramolecular Hbond substituents is 1. The van der Waals surface area contributed by atoms with Crippen LogP contribution in [0.25, 0.3) is 0 Å². The van der Waals surface area contributed by atoms with E-state index in [2.05, 4.69) is 0 Å². The highest BCUT2D eigenvalue weighted by Crippen LogP contribution is 2.38. The molecule has 3 nitrogen and oxygen atoms in total. The lowest BCUT2D eigenvalue weighted by Gasteiger charge is -2.22. The fraction of sp³-hybridized carbons (Fsp3) is 0.538. The van der Waals surface area contributed by atoms with E-state index in [1.807, 2.05) is 13.8 Å². The molecule has 0 aliphatic heterocycles. The molecule has 0 saturated heterocycles. The number of rotatable bonds is 3. The molecule has 2 rings (SSSR count). The molecule has 1 saturated carbocycles. The van der Waals surface area contributed by atoms with Gasteiger partial charge in [-0.15, -0.1) is 12.4 Å². The van der Waals surface area contributed by atoms with Crippen molar-refractivity contribution in [2.24, 2.45) is 11.7 Å². The molecule has 1 aliphatic carbocycles. The Morgan fingerprint density at radius 1 is 1.24 bits per heavy atom. The van der Waals surface area contributed by atoms with Gasteiger partial charge in [-0.2, -0.15) is 0 Å². The van der Waals surface area contributed by atoms with E-state index in [1.54, 1.807) is 12.1 Å². The van der Waals surface area contributed by atoms with Crippen LogP contribution in [0.2, 0.25) is 0 Å². The van der Waals surface area contributed by atoms with Crippen molar-refractivity contribution < 1.29 is 10.2 Å². The Hall–Kier alpha value is -0.770. The van der Waals surface area contributed by atoms with Gasteiger partial charge in [-0.25, -0.2) is 0 Å². The second-order valence-electron chi connectivity index (χ2n) is 4.85. The number of hydrogen-bond donors (Lipinski definition) is 3. The van der Waals surface area contributed by atoms with Gasteiger partial charge < -0.3 is 15.9 Å². The van der Waals surface area contributed by atoms with E-state index in [0.29, 0.717) is 5.92 Å². The number of nitrogens with two attached hydrogens (primary N) is 1. The Morgan fingerprint density at radius 3 is 2.12 bits per heavy atom. The van der Waals surface area contributed by atoms with Crippen LogP contribution in [0.3, 0.4) is 0 Å². The lowest BCUT2D eigenvalue weighted by molar-refractivity contribution is 0.122. The van der Waals surface area contributed by atoms with Crippen molar-refractivity contribution >= 4 is 12.4 Å². The minimum Gasteiger partial charge on any atom is -0.508 e. The average molecular weight is 258 g/mol. The molecule has 1 fully saturated rings. The first-order valence-corrected chi connectivity index (χ1v) is 5.74. The summed E-state index contributed by atoms with van der Waals surface area (Å²) in [5.41, 5.74) is 8.97. The summed E-state index contributed by atoms with van der Waals surface area (Å²) < 4.78 is 0. The first-order valence-electron chi connectivity index (χ1n) is 5.74. The van der Waals surface area contributed by atoms with Crippen LogP contribution in [0.5, 0.6) is 5.75 Å². The smallest absolute Gasteiger partial charge is 0.116 e. The molecule has 0 amide bonds. The van der Waals surface area contributed by atoms with Gasteiger partial charge in [0.25, 0.3) is 0 Å². The molecule has 0 bridgehead atoms. The van der Waals surface area contributed by atoms with Gasteiger partial charge in [-0.05, 0) is 61.4 Å². The standard InChI is InChI=1S/C13H19NO2.ClH/c1-7-5-10(15)6-8(2)11(7)12(14)13(16)9-3-4-9;/h5-6,9,12-13,15-16H,3-4,14H2,1-2H3;1H/t12-,13+;/m1./s1. The molecule has 0 spiro atoms. The highest BCUT2D eigenvalue weighted by Gasteiger charge is 2.35. The third-order valence-corrected chi connectivity index (χ3v) is 3.38. The summed E-state index contributed by atoms with van der Waals surface area (Å²) in [5.74, 6) is 0.620. The first-order chi connectivity index (χ1) is 7.50. The molecule has 1 aromatic rings. The van der Waals surface area contributed by atoms with Crippen molar-refractivity contribution in [3.05, 3.63) is 28.8 Å². The van der Waals surface area contributed by atoms with Crippen LogP contribution in [0.1, 0.15) is 35.6 Å². The van der Waals surface area contributed by atoms with Crippen LogP contribution in [-0.2, 0) is 0 Å². The van der Waals surface area contributed by atoms with Gasteiger partial charge in [0, 0.05) is 0 Å². The number of aliphatic hydroxyl groups excluding tert-OH is 1. The van der Waals surface area contributed by atoms with Crippen LogP contribution in [0, 0.1) is 19.8 Å². The Kier molecular flexibility index (Phi) is 4.42. The van der Waals surface area contributed by atoms with Gasteiger partial charge in [-0.1, -0.05) is 0 Å². The minimum absolute atomic E-state index is 0. The lowest BCUT2D eigenvalue weighted by atomic mass is 9.91. The van der Waals surface area contributed by atoms with Crippen LogP contribution in [0.15, 0.2) is 12.1 Å². The largest absolute Gasteiger partial charge is 0.508 e. The molecule has 96 valence electrons. The third kappa shape index (κ3) is 2.92. The van der Waals surface area contributed by atoms with Gasteiger partial charge in [0.2, 0.25) is 0 Å². The average Bonchev–Trinajstić information content (AvgIpc) is 2.97. The van der Waals surface area contributed by atoms with Crippen LogP contribution < -0.4 is 5.73 Å². The maximum atomic E-state index is 10.0. The summed E-state index contributed by atoms with van der Waals surface area (Å²) in [4.78, 5) is 0. The van der Waals surface area contributed by atoms with E-state index in [9.17, 15) is 10.2 Å². The van der Waals surface area contributed by atoms with Crippen LogP contribution in [-0.4, -0.2) is 16.3 Å². The van der Waals surface area contributed by atoms with Crippen LogP contribution in [0.4, 0.5) is 0 Å². The van der Waals surface area contributed by atoms with Crippen molar-refractivity contribution in [1.82, 2.24) is 0 Å². The van der Waals surface area contributed by atoms with Crippen molar-refractivity contribution in [3.63, 3.8) is 0 Å².